The quantitative estimate of drug-likeness (QED) is 0.0212. The van der Waals surface area contributed by atoms with Crippen LogP contribution in [0.25, 0.3) is 0 Å². The minimum absolute atomic E-state index is 0.0608. The second-order valence-electron chi connectivity index (χ2n) is 15.6. The normalized spacial score (nSPS) is 15.0. The number of phosphoric acid groups is 1. The molecule has 0 aliphatic rings. The molecule has 0 aromatic carbocycles. The molecule has 10 nitrogen and oxygen atoms in total. The van der Waals surface area contributed by atoms with E-state index in [1.165, 1.54) is 19.3 Å². The van der Waals surface area contributed by atoms with Crippen LogP contribution in [-0.4, -0.2) is 81.2 Å². The van der Waals surface area contributed by atoms with Crippen molar-refractivity contribution in [1.82, 2.24) is 0 Å². The van der Waals surface area contributed by atoms with Crippen LogP contribution in [-0.2, 0) is 32.7 Å². The third-order valence-electron chi connectivity index (χ3n) is 8.60. The molecule has 0 radical (unpaired) electrons. The molecule has 0 saturated heterocycles. The van der Waals surface area contributed by atoms with Crippen molar-refractivity contribution in [3.05, 3.63) is 97.2 Å². The Morgan fingerprint density at radius 1 is 0.610 bits per heavy atom. The molecule has 0 bridgehead atoms. The first-order chi connectivity index (χ1) is 28.3. The van der Waals surface area contributed by atoms with Crippen molar-refractivity contribution in [1.29, 1.82) is 0 Å². The topological polar surface area (TPSA) is 131 Å². The minimum Gasteiger partial charge on any atom is -0.756 e. The monoisotopic (exact) mass is 846 g/mol. The molecule has 0 amide bonds. The summed E-state index contributed by atoms with van der Waals surface area (Å²) in [6.45, 7) is 3.58. The van der Waals surface area contributed by atoms with Crippen LogP contribution in [0.5, 0.6) is 0 Å². The van der Waals surface area contributed by atoms with Crippen molar-refractivity contribution in [3.8, 4) is 0 Å². The van der Waals surface area contributed by atoms with Gasteiger partial charge < -0.3 is 33.0 Å². The standard InChI is InChI=1S/C48H80NO9P/c1-6-7-8-9-10-11-12-13-14-15-18-21-24-27-30-33-36-39-47(51)55-43-46(44-57-59(53,54)56-42-41-49(3,4)5)58-48(52)40-37-34-31-28-25-22-19-16-17-20-23-26-29-32-35-38-45(2)50/h10-11,13-14,17-22,26-31,45-46,50H,6-9,12,15-16,23-25,32-44H2,1-5H3/b11-10-,14-13-,20-17-,21-18-,22-19-,29-26-,30-27-,31-28-/t45-,46+/m0/s1. The van der Waals surface area contributed by atoms with Crippen molar-refractivity contribution in [2.24, 2.45) is 0 Å². The van der Waals surface area contributed by atoms with Gasteiger partial charge in [0.25, 0.3) is 7.82 Å². The Morgan fingerprint density at radius 3 is 1.47 bits per heavy atom. The first kappa shape index (κ1) is 55.9. The van der Waals surface area contributed by atoms with Gasteiger partial charge in [0, 0.05) is 12.8 Å². The summed E-state index contributed by atoms with van der Waals surface area (Å²) in [7, 11) is 1.06. The number of ether oxygens (including phenoxy) is 2. The summed E-state index contributed by atoms with van der Waals surface area (Å²) in [6, 6.07) is 0. The fraction of sp³-hybridized carbons (Fsp3) is 0.625. The summed E-state index contributed by atoms with van der Waals surface area (Å²) < 4.78 is 33.7. The zero-order chi connectivity index (χ0) is 43.7. The molecule has 3 atom stereocenters. The maximum atomic E-state index is 12.7. The number of allylic oxidation sites excluding steroid dienone is 16. The number of esters is 2. The Kier molecular flexibility index (Phi) is 37.0. The Hall–Kier alpha value is -3.11. The highest BCUT2D eigenvalue weighted by atomic mass is 31.2. The van der Waals surface area contributed by atoms with Crippen LogP contribution in [0.1, 0.15) is 136 Å². The van der Waals surface area contributed by atoms with E-state index >= 15 is 0 Å². The van der Waals surface area contributed by atoms with Gasteiger partial charge in [0.2, 0.25) is 0 Å². The molecule has 0 aliphatic carbocycles. The van der Waals surface area contributed by atoms with Crippen LogP contribution in [0.4, 0.5) is 0 Å². The van der Waals surface area contributed by atoms with Crippen molar-refractivity contribution in [3.63, 3.8) is 0 Å². The fourth-order valence-corrected chi connectivity index (χ4v) is 5.86. The molecule has 0 fully saturated rings. The molecule has 0 rings (SSSR count). The third kappa shape index (κ3) is 44.3. The van der Waals surface area contributed by atoms with Crippen molar-refractivity contribution >= 4 is 19.8 Å². The SMILES string of the molecule is CCCCC/C=C\C/C=C\C/C=C\C/C=C\CCCC(=O)OC[C@H](COP(=O)([O-])OCC[N+](C)(C)C)OC(=O)CCC/C=C\C/C=C\C/C=C\C/C=C\CCC[C@H](C)O. The number of likely N-dealkylation sites (N-methyl/N-ethyl adjacent to an activating group) is 1. The number of unbranched alkanes of at least 4 members (excludes halogenated alkanes) is 6. The van der Waals surface area contributed by atoms with E-state index in [4.69, 9.17) is 18.5 Å². The van der Waals surface area contributed by atoms with Crippen molar-refractivity contribution in [2.75, 3.05) is 47.5 Å². The minimum atomic E-state index is -4.67. The number of aliphatic hydroxyl groups is 1. The Morgan fingerprint density at radius 2 is 1.03 bits per heavy atom. The van der Waals surface area contributed by atoms with Crippen molar-refractivity contribution in [2.45, 2.75) is 148 Å². The van der Waals surface area contributed by atoms with E-state index in [0.29, 0.717) is 36.7 Å². The summed E-state index contributed by atoms with van der Waals surface area (Å²) in [5.74, 6) is -0.994. The molecule has 1 unspecified atom stereocenters. The van der Waals surface area contributed by atoms with Crippen LogP contribution in [0.15, 0.2) is 97.2 Å². The maximum absolute atomic E-state index is 12.7. The molecular weight excluding hydrogens is 765 g/mol. The smallest absolute Gasteiger partial charge is 0.306 e. The van der Waals surface area contributed by atoms with Gasteiger partial charge in [0.05, 0.1) is 33.9 Å². The molecular formula is C48H80NO9P. The lowest BCUT2D eigenvalue weighted by Crippen LogP contribution is -2.37. The zero-order valence-electron chi connectivity index (χ0n) is 37.3. The summed E-state index contributed by atoms with van der Waals surface area (Å²) in [4.78, 5) is 37.5. The summed E-state index contributed by atoms with van der Waals surface area (Å²) in [5, 5.41) is 9.28. The number of hydrogen-bond donors (Lipinski definition) is 1. The average Bonchev–Trinajstić information content (AvgIpc) is 3.17. The van der Waals surface area contributed by atoms with E-state index in [1.807, 2.05) is 46.3 Å². The predicted octanol–water partition coefficient (Wildman–Crippen LogP) is 10.9. The van der Waals surface area contributed by atoms with Gasteiger partial charge >= 0.3 is 11.9 Å². The number of nitrogens with zero attached hydrogens (tertiary/aromatic N) is 1. The van der Waals surface area contributed by atoms with Gasteiger partial charge in [-0.2, -0.15) is 0 Å². The fourth-order valence-electron chi connectivity index (χ4n) is 5.13. The first-order valence-corrected chi connectivity index (χ1v) is 23.4. The van der Waals surface area contributed by atoms with Crippen LogP contribution >= 0.6 is 7.82 Å². The van der Waals surface area contributed by atoms with Crippen LogP contribution in [0.3, 0.4) is 0 Å². The van der Waals surface area contributed by atoms with Crippen molar-refractivity contribution < 1.29 is 47.2 Å². The Labute approximate surface area is 358 Å². The second-order valence-corrected chi connectivity index (χ2v) is 17.0. The molecule has 0 aromatic rings. The molecule has 59 heavy (non-hydrogen) atoms. The lowest BCUT2D eigenvalue weighted by molar-refractivity contribution is -0.870. The summed E-state index contributed by atoms with van der Waals surface area (Å²) in [5.41, 5.74) is 0. The lowest BCUT2D eigenvalue weighted by atomic mass is 10.1. The largest absolute Gasteiger partial charge is 0.756 e. The average molecular weight is 846 g/mol. The number of phosphoric ester groups is 1. The van der Waals surface area contributed by atoms with E-state index in [-0.39, 0.29) is 32.2 Å². The van der Waals surface area contributed by atoms with E-state index in [9.17, 15) is 24.2 Å². The molecule has 0 saturated carbocycles. The maximum Gasteiger partial charge on any atom is 0.306 e. The molecule has 1 N–H and O–H groups in total. The Balaban J connectivity index is 4.58. The highest BCUT2D eigenvalue weighted by Gasteiger charge is 2.21. The van der Waals surface area contributed by atoms with Gasteiger partial charge in [-0.3, -0.25) is 14.2 Å². The van der Waals surface area contributed by atoms with E-state index < -0.39 is 32.5 Å². The Bertz CT molecular complexity index is 1340. The highest BCUT2D eigenvalue weighted by Crippen LogP contribution is 2.38. The lowest BCUT2D eigenvalue weighted by Gasteiger charge is -2.28. The number of hydrogen-bond acceptors (Lipinski definition) is 9. The van der Waals surface area contributed by atoms with E-state index in [0.717, 1.165) is 64.2 Å². The molecule has 336 valence electrons. The molecule has 11 heteroatoms. The number of rotatable bonds is 38. The zero-order valence-corrected chi connectivity index (χ0v) is 38.2. The summed E-state index contributed by atoms with van der Waals surface area (Å²) >= 11 is 0. The number of aliphatic hydroxyl groups excluding tert-OH is 1. The number of quaternary nitrogens is 1. The van der Waals surface area contributed by atoms with Gasteiger partial charge in [-0.1, -0.05) is 117 Å². The number of carbonyl (C=O) groups excluding carboxylic acids is 2. The van der Waals surface area contributed by atoms with E-state index in [2.05, 4.69) is 85.9 Å². The van der Waals surface area contributed by atoms with Crippen LogP contribution < -0.4 is 4.89 Å². The van der Waals surface area contributed by atoms with Crippen LogP contribution in [0.2, 0.25) is 0 Å². The van der Waals surface area contributed by atoms with Gasteiger partial charge in [0.15, 0.2) is 6.10 Å². The molecule has 0 heterocycles. The van der Waals surface area contributed by atoms with Gasteiger partial charge in [-0.25, -0.2) is 0 Å². The van der Waals surface area contributed by atoms with Gasteiger partial charge in [-0.05, 0) is 103 Å². The first-order valence-electron chi connectivity index (χ1n) is 22.0. The number of carbonyl (C=O) groups is 2. The molecule has 0 aromatic heterocycles. The molecule has 0 spiro atoms. The van der Waals surface area contributed by atoms with E-state index in [1.54, 1.807) is 0 Å². The second kappa shape index (κ2) is 39.1. The van der Waals surface area contributed by atoms with Crippen LogP contribution in [0, 0.1) is 0 Å². The van der Waals surface area contributed by atoms with Gasteiger partial charge in [0.1, 0.15) is 19.8 Å². The summed E-state index contributed by atoms with van der Waals surface area (Å²) in [6.07, 6.45) is 48.7. The molecule has 0 aliphatic heterocycles. The van der Waals surface area contributed by atoms with Gasteiger partial charge in [-0.15, -0.1) is 0 Å². The predicted molar refractivity (Wildman–Crippen MR) is 241 cm³/mol. The third-order valence-corrected chi connectivity index (χ3v) is 9.56. The highest BCUT2D eigenvalue weighted by molar-refractivity contribution is 7.45.